The number of aliphatic imine (C=N–C) groups is 1. The molecule has 1 atom stereocenters. The van der Waals surface area contributed by atoms with E-state index < -0.39 is 0 Å². The normalized spacial score (nSPS) is 20.0. The number of hydrogen-bond acceptors (Lipinski definition) is 5. The van der Waals surface area contributed by atoms with Gasteiger partial charge in [0.15, 0.2) is 0 Å². The third-order valence-corrected chi connectivity index (χ3v) is 4.54. The number of rotatable bonds is 2. The molecule has 1 fully saturated rings. The molecule has 2 aliphatic heterocycles. The molecule has 0 aromatic heterocycles. The van der Waals surface area contributed by atoms with Crippen molar-refractivity contribution in [1.82, 2.24) is 15.2 Å². The first-order valence-corrected chi connectivity index (χ1v) is 9.00. The number of hydrazone groups is 1. The Kier molecular flexibility index (Phi) is 6.57. The number of hydrogen-bond donors (Lipinski definition) is 1. The van der Waals surface area contributed by atoms with E-state index in [-0.39, 0.29) is 6.04 Å². The molecule has 24 heavy (non-hydrogen) atoms. The lowest BCUT2D eigenvalue weighted by Gasteiger charge is -2.45. The highest BCUT2D eigenvalue weighted by Gasteiger charge is 2.36. The molecule has 2 heterocycles. The van der Waals surface area contributed by atoms with Gasteiger partial charge in [0.1, 0.15) is 0 Å². The minimum Gasteiger partial charge on any atom is -0.338 e. The molecule has 6 heteroatoms. The van der Waals surface area contributed by atoms with Crippen molar-refractivity contribution < 1.29 is 0 Å². The van der Waals surface area contributed by atoms with E-state index in [1.807, 2.05) is 38.2 Å². The van der Waals surface area contributed by atoms with Gasteiger partial charge in [-0.1, -0.05) is 22.0 Å². The molecule has 1 aromatic rings. The van der Waals surface area contributed by atoms with Crippen LogP contribution in [-0.4, -0.2) is 48.3 Å². The van der Waals surface area contributed by atoms with Crippen LogP contribution in [0.2, 0.25) is 0 Å². The molecule has 1 N–H and O–H groups in total. The second-order valence-corrected chi connectivity index (χ2v) is 6.72. The van der Waals surface area contributed by atoms with Gasteiger partial charge >= 0.3 is 0 Å². The van der Waals surface area contributed by atoms with E-state index in [0.29, 0.717) is 6.04 Å². The van der Waals surface area contributed by atoms with E-state index in [1.54, 1.807) is 6.08 Å². The van der Waals surface area contributed by atoms with E-state index in [2.05, 4.69) is 56.9 Å². The Bertz CT molecular complexity index is 634. The average molecular weight is 392 g/mol. The summed E-state index contributed by atoms with van der Waals surface area (Å²) in [7, 11) is 2.00. The Balaban J connectivity index is 0.000000647. The summed E-state index contributed by atoms with van der Waals surface area (Å²) >= 11 is 3.54. The van der Waals surface area contributed by atoms with Gasteiger partial charge < -0.3 is 10.2 Å². The Labute approximate surface area is 153 Å². The number of halogens is 1. The highest BCUT2D eigenvalue weighted by atomic mass is 79.9. The first-order chi connectivity index (χ1) is 11.5. The fourth-order valence-corrected chi connectivity index (χ4v) is 3.12. The summed E-state index contributed by atoms with van der Waals surface area (Å²) < 4.78 is 1.08. The molecular weight excluding hydrogens is 366 g/mol. The SMILES string of the molecule is C/C=N\N1C(N2CC(NC)C2)=Nc2ccc(Br)cc2C1C.C=CC. The molecule has 1 unspecified atom stereocenters. The molecule has 1 aromatic carbocycles. The quantitative estimate of drug-likeness (QED) is 0.613. The lowest BCUT2D eigenvalue weighted by molar-refractivity contribution is 0.180. The van der Waals surface area contributed by atoms with Gasteiger partial charge in [-0.05, 0) is 46.0 Å². The number of likely N-dealkylation sites (tertiary alicyclic amines) is 1. The summed E-state index contributed by atoms with van der Waals surface area (Å²) in [5, 5.41) is 9.84. The van der Waals surface area contributed by atoms with Gasteiger partial charge in [0.25, 0.3) is 0 Å². The molecule has 1 saturated heterocycles. The zero-order valence-corrected chi connectivity index (χ0v) is 16.4. The molecular formula is C18H26BrN5. The lowest BCUT2D eigenvalue weighted by atomic mass is 10.0. The number of likely N-dealkylation sites (N-methyl/N-ethyl adjacent to an activating group) is 1. The standard InChI is InChI=1S/C15H20BrN5.C3H6/c1-4-18-21-10(2)13-7-11(16)5-6-14(13)19-15(21)20-8-12(9-20)17-3;1-3-2/h4-7,10,12,17H,8-9H2,1-3H3;3H,1H2,2H3/b18-4-;. The maximum atomic E-state index is 4.83. The highest BCUT2D eigenvalue weighted by molar-refractivity contribution is 9.10. The predicted octanol–water partition coefficient (Wildman–Crippen LogP) is 3.91. The Morgan fingerprint density at radius 1 is 1.38 bits per heavy atom. The summed E-state index contributed by atoms with van der Waals surface area (Å²) in [6, 6.07) is 6.96. The van der Waals surface area contributed by atoms with E-state index in [9.17, 15) is 0 Å². The number of allylic oxidation sites excluding steroid dienone is 1. The van der Waals surface area contributed by atoms with Crippen LogP contribution in [0.4, 0.5) is 5.69 Å². The topological polar surface area (TPSA) is 43.2 Å². The van der Waals surface area contributed by atoms with Crippen molar-refractivity contribution >= 4 is 33.8 Å². The Morgan fingerprint density at radius 2 is 2.04 bits per heavy atom. The van der Waals surface area contributed by atoms with Crippen molar-refractivity contribution in [3.63, 3.8) is 0 Å². The fourth-order valence-electron chi connectivity index (χ4n) is 2.74. The van der Waals surface area contributed by atoms with Crippen LogP contribution in [0.1, 0.15) is 32.4 Å². The van der Waals surface area contributed by atoms with E-state index in [0.717, 1.165) is 29.2 Å². The van der Waals surface area contributed by atoms with Crippen molar-refractivity contribution in [2.75, 3.05) is 20.1 Å². The first-order valence-electron chi connectivity index (χ1n) is 8.20. The molecule has 0 amide bonds. The maximum absolute atomic E-state index is 4.83. The molecule has 2 aliphatic rings. The summed E-state index contributed by atoms with van der Waals surface area (Å²) in [6.45, 7) is 11.3. The first kappa shape index (κ1) is 18.7. The van der Waals surface area contributed by atoms with Crippen molar-refractivity contribution in [3.05, 3.63) is 40.9 Å². The predicted molar refractivity (Wildman–Crippen MR) is 106 cm³/mol. The molecule has 0 bridgehead atoms. The number of nitrogens with one attached hydrogen (secondary N) is 1. The minimum atomic E-state index is 0.176. The molecule has 130 valence electrons. The zero-order valence-electron chi connectivity index (χ0n) is 14.8. The van der Waals surface area contributed by atoms with Gasteiger partial charge in [-0.3, -0.25) is 0 Å². The third kappa shape index (κ3) is 3.87. The maximum Gasteiger partial charge on any atom is 0.223 e. The molecule has 0 aliphatic carbocycles. The van der Waals surface area contributed by atoms with Crippen molar-refractivity contribution in [3.8, 4) is 0 Å². The molecule has 5 nitrogen and oxygen atoms in total. The van der Waals surface area contributed by atoms with Gasteiger partial charge in [-0.15, -0.1) is 6.58 Å². The zero-order chi connectivity index (χ0) is 17.7. The van der Waals surface area contributed by atoms with Gasteiger partial charge in [-0.25, -0.2) is 10.0 Å². The van der Waals surface area contributed by atoms with E-state index >= 15 is 0 Å². The molecule has 3 rings (SSSR count). The van der Waals surface area contributed by atoms with Crippen LogP contribution >= 0.6 is 15.9 Å². The summed E-state index contributed by atoms with van der Waals surface area (Å²) in [5.74, 6) is 0.946. The summed E-state index contributed by atoms with van der Waals surface area (Å²) in [4.78, 5) is 7.11. The lowest BCUT2D eigenvalue weighted by Crippen LogP contribution is -2.62. The molecule has 0 radical (unpaired) electrons. The molecule has 0 spiro atoms. The van der Waals surface area contributed by atoms with Crippen LogP contribution in [0.3, 0.4) is 0 Å². The monoisotopic (exact) mass is 391 g/mol. The van der Waals surface area contributed by atoms with Crippen molar-refractivity contribution in [1.29, 1.82) is 0 Å². The number of benzene rings is 1. The largest absolute Gasteiger partial charge is 0.338 e. The van der Waals surface area contributed by atoms with Crippen molar-refractivity contribution in [2.24, 2.45) is 10.1 Å². The van der Waals surface area contributed by atoms with Gasteiger partial charge in [0.05, 0.1) is 11.7 Å². The second-order valence-electron chi connectivity index (χ2n) is 5.81. The summed E-state index contributed by atoms with van der Waals surface area (Å²) in [5.41, 5.74) is 2.24. The van der Waals surface area contributed by atoms with Crippen LogP contribution in [0.25, 0.3) is 0 Å². The van der Waals surface area contributed by atoms with Crippen LogP contribution < -0.4 is 5.32 Å². The highest BCUT2D eigenvalue weighted by Crippen LogP contribution is 2.37. The van der Waals surface area contributed by atoms with Crippen LogP contribution in [0.15, 0.2) is 45.4 Å². The number of fused-ring (bicyclic) bond motifs is 1. The fraction of sp³-hybridized carbons (Fsp3) is 0.444. The van der Waals surface area contributed by atoms with Crippen LogP contribution in [0, 0.1) is 0 Å². The Morgan fingerprint density at radius 3 is 2.62 bits per heavy atom. The average Bonchev–Trinajstić information content (AvgIpc) is 2.51. The van der Waals surface area contributed by atoms with Gasteiger partial charge in [-0.2, -0.15) is 5.10 Å². The van der Waals surface area contributed by atoms with E-state index in [4.69, 9.17) is 4.99 Å². The van der Waals surface area contributed by atoms with Gasteiger partial charge in [0, 0.05) is 35.4 Å². The second kappa shape index (κ2) is 8.44. The van der Waals surface area contributed by atoms with Crippen LogP contribution in [0.5, 0.6) is 0 Å². The van der Waals surface area contributed by atoms with Crippen LogP contribution in [-0.2, 0) is 0 Å². The van der Waals surface area contributed by atoms with Crippen molar-refractivity contribution in [2.45, 2.75) is 32.9 Å². The third-order valence-electron chi connectivity index (χ3n) is 4.04. The smallest absolute Gasteiger partial charge is 0.223 e. The Hall–Kier alpha value is -1.66. The van der Waals surface area contributed by atoms with Gasteiger partial charge in [0.2, 0.25) is 5.96 Å². The number of nitrogens with zero attached hydrogens (tertiary/aromatic N) is 4. The minimum absolute atomic E-state index is 0.176. The number of guanidine groups is 1. The van der Waals surface area contributed by atoms with E-state index in [1.165, 1.54) is 5.56 Å². The summed E-state index contributed by atoms with van der Waals surface area (Å²) in [6.07, 6.45) is 3.57. The molecule has 0 saturated carbocycles.